The van der Waals surface area contributed by atoms with E-state index in [1.165, 1.54) is 12.1 Å². The molecule has 2 nitrogen and oxygen atoms in total. The molecule has 0 bridgehead atoms. The monoisotopic (exact) mass is 211 g/mol. The number of halogens is 1. The van der Waals surface area contributed by atoms with Gasteiger partial charge in [0.05, 0.1) is 6.61 Å². The van der Waals surface area contributed by atoms with E-state index in [9.17, 15) is 4.39 Å². The zero-order valence-electron chi connectivity index (χ0n) is 9.51. The Morgan fingerprint density at radius 1 is 1.27 bits per heavy atom. The Bertz CT molecular complexity index is 295. The number of rotatable bonds is 5. The summed E-state index contributed by atoms with van der Waals surface area (Å²) >= 11 is 0. The average molecular weight is 211 g/mol. The maximum atomic E-state index is 12.6. The molecule has 15 heavy (non-hydrogen) atoms. The fourth-order valence-electron chi connectivity index (χ4n) is 1.08. The first kappa shape index (κ1) is 12.0. The minimum absolute atomic E-state index is 0.0695. The molecule has 0 aliphatic heterocycles. The molecule has 84 valence electrons. The number of benzene rings is 1. The predicted molar refractivity (Wildman–Crippen MR) is 59.7 cm³/mol. The normalized spacial score (nSPS) is 11.5. The Balaban J connectivity index is 2.35. The molecular formula is C12H18FNO. The summed E-state index contributed by atoms with van der Waals surface area (Å²) in [7, 11) is 1.93. The van der Waals surface area contributed by atoms with Crippen LogP contribution in [0, 0.1) is 5.82 Å². The van der Waals surface area contributed by atoms with Crippen molar-refractivity contribution in [3.8, 4) is 5.75 Å². The number of nitrogens with one attached hydrogen (secondary N) is 1. The highest BCUT2D eigenvalue weighted by Gasteiger charge is 2.13. The van der Waals surface area contributed by atoms with Crippen LogP contribution in [0.3, 0.4) is 0 Å². The van der Waals surface area contributed by atoms with Crippen molar-refractivity contribution in [2.75, 3.05) is 13.7 Å². The van der Waals surface area contributed by atoms with E-state index in [1.807, 2.05) is 7.05 Å². The zero-order valence-corrected chi connectivity index (χ0v) is 9.51. The lowest BCUT2D eigenvalue weighted by Gasteiger charge is -2.23. The molecule has 0 fully saturated rings. The Morgan fingerprint density at radius 2 is 1.87 bits per heavy atom. The van der Waals surface area contributed by atoms with Gasteiger partial charge in [0, 0.05) is 5.54 Å². The van der Waals surface area contributed by atoms with E-state index >= 15 is 0 Å². The highest BCUT2D eigenvalue weighted by atomic mass is 19.1. The molecule has 0 unspecified atom stereocenters. The molecule has 0 atom stereocenters. The van der Waals surface area contributed by atoms with Gasteiger partial charge in [0.2, 0.25) is 0 Å². The fourth-order valence-corrected chi connectivity index (χ4v) is 1.08. The lowest BCUT2D eigenvalue weighted by molar-refractivity contribution is 0.255. The van der Waals surface area contributed by atoms with Crippen molar-refractivity contribution in [1.82, 2.24) is 5.32 Å². The van der Waals surface area contributed by atoms with Gasteiger partial charge < -0.3 is 10.1 Å². The van der Waals surface area contributed by atoms with E-state index in [-0.39, 0.29) is 11.4 Å². The van der Waals surface area contributed by atoms with Gasteiger partial charge in [0.15, 0.2) is 0 Å². The van der Waals surface area contributed by atoms with Crippen LogP contribution in [0.2, 0.25) is 0 Å². The third kappa shape index (κ3) is 4.30. The van der Waals surface area contributed by atoms with Crippen LogP contribution < -0.4 is 10.1 Å². The van der Waals surface area contributed by atoms with Crippen molar-refractivity contribution in [2.24, 2.45) is 0 Å². The predicted octanol–water partition coefficient (Wildman–Crippen LogP) is 2.59. The Hall–Kier alpha value is -1.09. The zero-order chi connectivity index (χ0) is 11.3. The van der Waals surface area contributed by atoms with Gasteiger partial charge in [-0.15, -0.1) is 0 Å². The summed E-state index contributed by atoms with van der Waals surface area (Å²) in [6, 6.07) is 6.08. The van der Waals surface area contributed by atoms with Crippen LogP contribution >= 0.6 is 0 Å². The van der Waals surface area contributed by atoms with Crippen molar-refractivity contribution in [3.05, 3.63) is 30.1 Å². The Labute approximate surface area is 90.4 Å². The standard InChI is InChI=1S/C12H18FNO/c1-12(2,14-3)8-9-15-11-6-4-10(13)5-7-11/h4-7,14H,8-9H2,1-3H3. The molecule has 0 heterocycles. The molecule has 0 aliphatic carbocycles. The summed E-state index contributed by atoms with van der Waals surface area (Å²) in [4.78, 5) is 0. The molecule has 3 heteroatoms. The lowest BCUT2D eigenvalue weighted by Crippen LogP contribution is -2.37. The van der Waals surface area contributed by atoms with Crippen LogP contribution in [0.5, 0.6) is 5.75 Å². The minimum atomic E-state index is -0.238. The highest BCUT2D eigenvalue weighted by molar-refractivity contribution is 5.21. The maximum Gasteiger partial charge on any atom is 0.123 e. The molecule has 0 radical (unpaired) electrons. The minimum Gasteiger partial charge on any atom is -0.494 e. The molecule has 0 spiro atoms. The van der Waals surface area contributed by atoms with Gasteiger partial charge in [0.1, 0.15) is 11.6 Å². The largest absolute Gasteiger partial charge is 0.494 e. The molecule has 0 amide bonds. The number of hydrogen-bond donors (Lipinski definition) is 1. The van der Waals surface area contributed by atoms with Gasteiger partial charge in [-0.3, -0.25) is 0 Å². The third-order valence-corrected chi connectivity index (χ3v) is 2.49. The smallest absolute Gasteiger partial charge is 0.123 e. The first-order chi connectivity index (χ1) is 7.03. The molecule has 0 saturated carbocycles. The second-order valence-corrected chi connectivity index (χ2v) is 4.19. The molecule has 1 aromatic rings. The summed E-state index contributed by atoms with van der Waals surface area (Å²) in [5, 5.41) is 3.20. The molecule has 0 aliphatic rings. The first-order valence-electron chi connectivity index (χ1n) is 5.11. The molecule has 1 aromatic carbocycles. The van der Waals surface area contributed by atoms with Gasteiger partial charge in [-0.1, -0.05) is 0 Å². The van der Waals surface area contributed by atoms with E-state index in [0.29, 0.717) is 12.4 Å². The van der Waals surface area contributed by atoms with Gasteiger partial charge in [-0.05, 0) is 51.6 Å². The summed E-state index contributed by atoms with van der Waals surface area (Å²) in [6.07, 6.45) is 0.904. The Kier molecular flexibility index (Phi) is 4.09. The molecular weight excluding hydrogens is 193 g/mol. The third-order valence-electron chi connectivity index (χ3n) is 2.49. The second kappa shape index (κ2) is 5.12. The second-order valence-electron chi connectivity index (χ2n) is 4.19. The van der Waals surface area contributed by atoms with Crippen molar-refractivity contribution < 1.29 is 9.13 Å². The number of ether oxygens (including phenoxy) is 1. The van der Waals surface area contributed by atoms with Crippen molar-refractivity contribution in [1.29, 1.82) is 0 Å². The fraction of sp³-hybridized carbons (Fsp3) is 0.500. The van der Waals surface area contributed by atoms with Crippen LogP contribution in [-0.4, -0.2) is 19.2 Å². The van der Waals surface area contributed by atoms with Gasteiger partial charge in [-0.25, -0.2) is 4.39 Å². The van der Waals surface area contributed by atoms with E-state index in [4.69, 9.17) is 4.74 Å². The lowest BCUT2D eigenvalue weighted by atomic mass is 10.0. The van der Waals surface area contributed by atoms with Gasteiger partial charge >= 0.3 is 0 Å². The van der Waals surface area contributed by atoms with Crippen LogP contribution in [0.1, 0.15) is 20.3 Å². The van der Waals surface area contributed by atoms with Crippen LogP contribution in [0.15, 0.2) is 24.3 Å². The van der Waals surface area contributed by atoms with E-state index in [1.54, 1.807) is 12.1 Å². The maximum absolute atomic E-state index is 12.6. The summed E-state index contributed by atoms with van der Waals surface area (Å²) in [6.45, 7) is 4.85. The topological polar surface area (TPSA) is 21.3 Å². The highest BCUT2D eigenvalue weighted by Crippen LogP contribution is 2.13. The van der Waals surface area contributed by atoms with Gasteiger partial charge in [0.25, 0.3) is 0 Å². The molecule has 0 aromatic heterocycles. The SMILES string of the molecule is CNC(C)(C)CCOc1ccc(F)cc1. The molecule has 0 saturated heterocycles. The quantitative estimate of drug-likeness (QED) is 0.808. The van der Waals surface area contributed by atoms with E-state index < -0.39 is 0 Å². The van der Waals surface area contributed by atoms with Crippen LogP contribution in [0.4, 0.5) is 4.39 Å². The van der Waals surface area contributed by atoms with E-state index in [2.05, 4.69) is 19.2 Å². The van der Waals surface area contributed by atoms with E-state index in [0.717, 1.165) is 6.42 Å². The first-order valence-corrected chi connectivity index (χ1v) is 5.11. The van der Waals surface area contributed by atoms with Crippen molar-refractivity contribution in [2.45, 2.75) is 25.8 Å². The van der Waals surface area contributed by atoms with Crippen molar-refractivity contribution >= 4 is 0 Å². The average Bonchev–Trinajstić information content (AvgIpc) is 2.21. The van der Waals surface area contributed by atoms with Crippen LogP contribution in [-0.2, 0) is 0 Å². The summed E-state index contributed by atoms with van der Waals surface area (Å²) in [5.74, 6) is 0.473. The van der Waals surface area contributed by atoms with Gasteiger partial charge in [-0.2, -0.15) is 0 Å². The van der Waals surface area contributed by atoms with Crippen molar-refractivity contribution in [3.63, 3.8) is 0 Å². The summed E-state index contributed by atoms with van der Waals surface area (Å²) in [5.41, 5.74) is 0.0695. The molecule has 1 N–H and O–H groups in total. The Morgan fingerprint density at radius 3 is 2.40 bits per heavy atom. The summed E-state index contributed by atoms with van der Waals surface area (Å²) < 4.78 is 18.1. The number of hydrogen-bond acceptors (Lipinski definition) is 2. The molecule has 1 rings (SSSR count). The van der Waals surface area contributed by atoms with Crippen LogP contribution in [0.25, 0.3) is 0 Å².